The van der Waals surface area contributed by atoms with Crippen molar-refractivity contribution in [1.29, 1.82) is 0 Å². The quantitative estimate of drug-likeness (QED) is 0.474. The largest absolute Gasteiger partial charge is 0.485 e. The SMILES string of the molecule is CC(=O)CNc1cccc(OC2c3cc(C)cc(F)c3C[C@H]2C)c1.CCCCC(N)CC. The molecule has 0 heterocycles. The first kappa shape index (κ1) is 25.9. The van der Waals surface area contributed by atoms with Crippen LogP contribution in [0.3, 0.4) is 0 Å². The molecule has 3 rings (SSSR count). The molecular formula is C27H39FN2O2. The molecule has 2 aromatic rings. The lowest BCUT2D eigenvalue weighted by Gasteiger charge is -2.20. The summed E-state index contributed by atoms with van der Waals surface area (Å²) in [5.74, 6) is 0.866. The molecule has 0 aliphatic heterocycles. The molecule has 0 fully saturated rings. The van der Waals surface area contributed by atoms with Crippen LogP contribution in [-0.2, 0) is 11.2 Å². The van der Waals surface area contributed by atoms with E-state index < -0.39 is 0 Å². The monoisotopic (exact) mass is 442 g/mol. The molecule has 1 aliphatic carbocycles. The molecule has 0 bridgehead atoms. The summed E-state index contributed by atoms with van der Waals surface area (Å²) in [6.07, 6.45) is 5.42. The molecule has 5 heteroatoms. The Hall–Kier alpha value is -2.40. The molecular weight excluding hydrogens is 403 g/mol. The molecule has 0 aromatic heterocycles. The van der Waals surface area contributed by atoms with Gasteiger partial charge < -0.3 is 15.8 Å². The number of halogens is 1. The van der Waals surface area contributed by atoms with Gasteiger partial charge >= 0.3 is 0 Å². The maximum absolute atomic E-state index is 14.2. The van der Waals surface area contributed by atoms with Crippen LogP contribution in [0.25, 0.3) is 0 Å². The van der Waals surface area contributed by atoms with Gasteiger partial charge in [-0.2, -0.15) is 0 Å². The number of aryl methyl sites for hydroxylation is 1. The number of nitrogens with two attached hydrogens (primary N) is 1. The number of nitrogens with one attached hydrogen (secondary N) is 1. The molecule has 0 amide bonds. The lowest BCUT2D eigenvalue weighted by molar-refractivity contribution is -0.115. The van der Waals surface area contributed by atoms with E-state index in [2.05, 4.69) is 26.1 Å². The lowest BCUT2D eigenvalue weighted by atomic mass is 10.0. The summed E-state index contributed by atoms with van der Waals surface area (Å²) >= 11 is 0. The second-order valence-corrected chi connectivity index (χ2v) is 8.93. The summed E-state index contributed by atoms with van der Waals surface area (Å²) < 4.78 is 20.4. The third kappa shape index (κ3) is 7.63. The summed E-state index contributed by atoms with van der Waals surface area (Å²) in [7, 11) is 0. The van der Waals surface area contributed by atoms with Gasteiger partial charge in [0.2, 0.25) is 0 Å². The fraction of sp³-hybridized carbons (Fsp3) is 0.519. The molecule has 1 aliphatic rings. The first-order chi connectivity index (χ1) is 15.2. The summed E-state index contributed by atoms with van der Waals surface area (Å²) in [6.45, 7) is 10.1. The highest BCUT2D eigenvalue weighted by molar-refractivity contribution is 5.80. The molecule has 2 aromatic carbocycles. The number of unbranched alkanes of at least 4 members (excludes halogenated alkanes) is 1. The molecule has 32 heavy (non-hydrogen) atoms. The van der Waals surface area contributed by atoms with Crippen molar-refractivity contribution in [3.63, 3.8) is 0 Å². The van der Waals surface area contributed by atoms with E-state index in [1.807, 2.05) is 37.3 Å². The second-order valence-electron chi connectivity index (χ2n) is 8.93. The number of anilines is 1. The van der Waals surface area contributed by atoms with Gasteiger partial charge in [0.25, 0.3) is 0 Å². The number of carbonyl (C=O) groups is 1. The standard InChI is InChI=1S/C20H22FNO2.C7H17N/c1-12-7-18-17(19(21)8-12)9-13(2)20(18)24-16-6-4-5-15(10-16)22-11-14(3)23;1-3-5-6-7(8)4-2/h4-8,10,13,20,22H,9,11H2,1-3H3;7H,3-6,8H2,1-2H3/t13-,20?;/m1./s1. The smallest absolute Gasteiger partial charge is 0.148 e. The van der Waals surface area contributed by atoms with E-state index >= 15 is 0 Å². The topological polar surface area (TPSA) is 64.3 Å². The van der Waals surface area contributed by atoms with Gasteiger partial charge in [-0.1, -0.05) is 45.7 Å². The third-order valence-electron chi connectivity index (χ3n) is 5.82. The average Bonchev–Trinajstić information content (AvgIpc) is 3.07. The van der Waals surface area contributed by atoms with Crippen LogP contribution in [0, 0.1) is 18.7 Å². The van der Waals surface area contributed by atoms with Crippen LogP contribution in [0.5, 0.6) is 5.75 Å². The van der Waals surface area contributed by atoms with Crippen LogP contribution < -0.4 is 15.8 Å². The summed E-state index contributed by atoms with van der Waals surface area (Å²) in [5, 5.41) is 3.07. The minimum atomic E-state index is -0.155. The molecule has 0 saturated heterocycles. The van der Waals surface area contributed by atoms with Crippen LogP contribution in [0.15, 0.2) is 36.4 Å². The Morgan fingerprint density at radius 1 is 1.28 bits per heavy atom. The molecule has 176 valence electrons. The van der Waals surface area contributed by atoms with Gasteiger partial charge in [-0.3, -0.25) is 4.79 Å². The first-order valence-corrected chi connectivity index (χ1v) is 11.8. The lowest BCUT2D eigenvalue weighted by Crippen LogP contribution is -2.17. The number of fused-ring (bicyclic) bond motifs is 1. The van der Waals surface area contributed by atoms with Gasteiger partial charge in [0.15, 0.2) is 0 Å². The Morgan fingerprint density at radius 3 is 2.69 bits per heavy atom. The molecule has 4 nitrogen and oxygen atoms in total. The Labute approximate surface area is 192 Å². The van der Waals surface area contributed by atoms with Gasteiger partial charge in [-0.05, 0) is 68.0 Å². The highest BCUT2D eigenvalue weighted by Crippen LogP contribution is 2.41. The van der Waals surface area contributed by atoms with Crippen molar-refractivity contribution in [2.75, 3.05) is 11.9 Å². The van der Waals surface area contributed by atoms with Gasteiger partial charge in [-0.25, -0.2) is 4.39 Å². The molecule has 3 atom stereocenters. The van der Waals surface area contributed by atoms with E-state index in [0.717, 1.165) is 34.5 Å². The Kier molecular flexibility index (Phi) is 10.2. The molecule has 0 spiro atoms. The molecule has 0 saturated carbocycles. The predicted octanol–water partition coefficient (Wildman–Crippen LogP) is 6.36. The van der Waals surface area contributed by atoms with Gasteiger partial charge in [0.05, 0.1) is 6.54 Å². The highest BCUT2D eigenvalue weighted by Gasteiger charge is 2.33. The number of benzene rings is 2. The Balaban J connectivity index is 0.000000390. The van der Waals surface area contributed by atoms with E-state index in [4.69, 9.17) is 10.5 Å². The van der Waals surface area contributed by atoms with E-state index in [9.17, 15) is 9.18 Å². The normalized spacial score (nSPS) is 17.7. The molecule has 0 radical (unpaired) electrons. The van der Waals surface area contributed by atoms with Crippen molar-refractivity contribution in [3.05, 3.63) is 58.9 Å². The predicted molar refractivity (Wildman–Crippen MR) is 131 cm³/mol. The highest BCUT2D eigenvalue weighted by atomic mass is 19.1. The van der Waals surface area contributed by atoms with Crippen LogP contribution in [0.1, 0.15) is 76.2 Å². The number of carbonyl (C=O) groups excluding carboxylic acids is 1. The van der Waals surface area contributed by atoms with Crippen LogP contribution in [0.2, 0.25) is 0 Å². The fourth-order valence-corrected chi connectivity index (χ4v) is 3.91. The van der Waals surface area contributed by atoms with Gasteiger partial charge in [0.1, 0.15) is 23.5 Å². The molecule has 3 N–H and O–H groups in total. The minimum Gasteiger partial charge on any atom is -0.485 e. The number of rotatable bonds is 9. The van der Waals surface area contributed by atoms with Crippen molar-refractivity contribution in [3.8, 4) is 5.75 Å². The van der Waals surface area contributed by atoms with Crippen molar-refractivity contribution in [1.82, 2.24) is 0 Å². The maximum Gasteiger partial charge on any atom is 0.148 e. The van der Waals surface area contributed by atoms with E-state index in [-0.39, 0.29) is 30.2 Å². The number of ether oxygens (including phenoxy) is 1. The summed E-state index contributed by atoms with van der Waals surface area (Å²) in [5.41, 5.74) is 9.12. The summed E-state index contributed by atoms with van der Waals surface area (Å²) in [4.78, 5) is 11.1. The number of Topliss-reactive ketones (excluding diaryl/α,β-unsaturated/α-hetero) is 1. The van der Waals surface area contributed by atoms with Gasteiger partial charge in [-0.15, -0.1) is 0 Å². The second kappa shape index (κ2) is 12.6. The van der Waals surface area contributed by atoms with Crippen molar-refractivity contribution in [2.24, 2.45) is 11.7 Å². The zero-order valence-corrected chi connectivity index (χ0v) is 20.2. The Morgan fingerprint density at radius 2 is 2.03 bits per heavy atom. The van der Waals surface area contributed by atoms with Crippen molar-refractivity contribution in [2.45, 2.75) is 78.9 Å². The summed E-state index contributed by atoms with van der Waals surface area (Å²) in [6, 6.07) is 11.6. The van der Waals surface area contributed by atoms with E-state index in [1.54, 1.807) is 13.0 Å². The number of hydrogen-bond donors (Lipinski definition) is 2. The minimum absolute atomic E-state index is 0.0746. The third-order valence-corrected chi connectivity index (χ3v) is 5.82. The fourth-order valence-electron chi connectivity index (χ4n) is 3.91. The van der Waals surface area contributed by atoms with E-state index in [1.165, 1.54) is 19.3 Å². The first-order valence-electron chi connectivity index (χ1n) is 11.8. The zero-order chi connectivity index (χ0) is 23.7. The van der Waals surface area contributed by atoms with Crippen LogP contribution in [0.4, 0.5) is 10.1 Å². The van der Waals surface area contributed by atoms with Gasteiger partial charge in [0, 0.05) is 23.7 Å². The zero-order valence-electron chi connectivity index (χ0n) is 20.2. The van der Waals surface area contributed by atoms with Crippen molar-refractivity contribution < 1.29 is 13.9 Å². The Bertz CT molecular complexity index is 884. The maximum atomic E-state index is 14.2. The number of ketones is 1. The van der Waals surface area contributed by atoms with E-state index in [0.29, 0.717) is 12.5 Å². The average molecular weight is 443 g/mol. The number of hydrogen-bond acceptors (Lipinski definition) is 4. The van der Waals surface area contributed by atoms with Crippen LogP contribution in [-0.4, -0.2) is 18.4 Å². The molecule has 2 unspecified atom stereocenters. The van der Waals surface area contributed by atoms with Crippen molar-refractivity contribution >= 4 is 11.5 Å². The van der Waals surface area contributed by atoms with Crippen LogP contribution >= 0.6 is 0 Å².